The molecule has 12 heavy (non-hydrogen) atoms. The van der Waals surface area contributed by atoms with Gasteiger partial charge in [0, 0.05) is 11.4 Å². The normalized spacial score (nSPS) is 14.8. The van der Waals surface area contributed by atoms with Crippen LogP contribution in [0.25, 0.3) is 6.08 Å². The van der Waals surface area contributed by atoms with Gasteiger partial charge in [-0.2, -0.15) is 0 Å². The van der Waals surface area contributed by atoms with Gasteiger partial charge < -0.3 is 5.32 Å². The lowest BCUT2D eigenvalue weighted by atomic mass is 10.1. The quantitative estimate of drug-likeness (QED) is 0.774. The molecule has 0 aliphatic heterocycles. The Kier molecular flexibility index (Phi) is 3.44. The summed E-state index contributed by atoms with van der Waals surface area (Å²) < 4.78 is 0. The summed E-state index contributed by atoms with van der Waals surface area (Å²) >= 11 is 1.62. The molecule has 3 heteroatoms. The van der Waals surface area contributed by atoms with Crippen LogP contribution in [0.15, 0.2) is 16.5 Å². The summed E-state index contributed by atoms with van der Waals surface area (Å²) in [7, 11) is 1.96. The third-order valence-electron chi connectivity index (χ3n) is 1.94. The van der Waals surface area contributed by atoms with Crippen LogP contribution in [0.4, 0.5) is 0 Å². The molecule has 2 nitrogen and oxygen atoms in total. The van der Waals surface area contributed by atoms with E-state index in [4.69, 9.17) is 0 Å². The van der Waals surface area contributed by atoms with Crippen molar-refractivity contribution in [3.05, 3.63) is 22.2 Å². The van der Waals surface area contributed by atoms with Crippen molar-refractivity contribution in [3.8, 4) is 0 Å². The predicted octanol–water partition coefficient (Wildman–Crippen LogP) is 2.15. The van der Waals surface area contributed by atoms with Gasteiger partial charge >= 0.3 is 0 Å². The van der Waals surface area contributed by atoms with E-state index in [1.54, 1.807) is 11.3 Å². The highest BCUT2D eigenvalue weighted by Gasteiger charge is 2.00. The van der Waals surface area contributed by atoms with Crippen molar-refractivity contribution in [1.29, 1.82) is 0 Å². The summed E-state index contributed by atoms with van der Waals surface area (Å²) in [5.41, 5.74) is 4.21. The van der Waals surface area contributed by atoms with E-state index in [1.165, 1.54) is 5.57 Å². The summed E-state index contributed by atoms with van der Waals surface area (Å²) in [5.74, 6) is 0. The topological polar surface area (TPSA) is 24.9 Å². The van der Waals surface area contributed by atoms with Crippen LogP contribution < -0.4 is 5.32 Å². The minimum atomic E-state index is 0.423. The minimum absolute atomic E-state index is 0.423. The number of likely N-dealkylation sites (N-methyl/N-ethyl adjacent to an activating group) is 1. The minimum Gasteiger partial charge on any atom is -0.314 e. The fourth-order valence-electron chi connectivity index (χ4n) is 0.879. The number of hydrogen-bond donors (Lipinski definition) is 1. The van der Waals surface area contributed by atoms with E-state index >= 15 is 0 Å². The second kappa shape index (κ2) is 4.38. The Hall–Kier alpha value is -0.670. The Bertz CT molecular complexity index is 252. The molecule has 1 atom stereocenters. The lowest BCUT2D eigenvalue weighted by Gasteiger charge is -2.09. The number of aromatic nitrogens is 1. The first-order chi connectivity index (χ1) is 5.74. The van der Waals surface area contributed by atoms with Gasteiger partial charge in [0.1, 0.15) is 0 Å². The van der Waals surface area contributed by atoms with E-state index in [1.807, 2.05) is 17.9 Å². The zero-order valence-corrected chi connectivity index (χ0v) is 8.48. The van der Waals surface area contributed by atoms with Crippen LogP contribution in [-0.2, 0) is 0 Å². The molecule has 1 N–H and O–H groups in total. The Balaban J connectivity index is 2.69. The highest BCUT2D eigenvalue weighted by molar-refractivity contribution is 7.07. The third kappa shape index (κ3) is 2.43. The average molecular weight is 182 g/mol. The van der Waals surface area contributed by atoms with Crippen LogP contribution in [0.5, 0.6) is 0 Å². The molecule has 0 saturated heterocycles. The van der Waals surface area contributed by atoms with Gasteiger partial charge in [-0.3, -0.25) is 0 Å². The molecule has 1 rings (SSSR count). The van der Waals surface area contributed by atoms with Crippen LogP contribution in [0, 0.1) is 0 Å². The summed E-state index contributed by atoms with van der Waals surface area (Å²) in [6, 6.07) is 0.423. The molecule has 1 aromatic heterocycles. The Morgan fingerprint density at radius 1 is 1.75 bits per heavy atom. The molecular weight excluding hydrogens is 168 g/mol. The van der Waals surface area contributed by atoms with E-state index in [9.17, 15) is 0 Å². The van der Waals surface area contributed by atoms with Crippen LogP contribution in [-0.4, -0.2) is 18.1 Å². The van der Waals surface area contributed by atoms with Crippen molar-refractivity contribution in [3.63, 3.8) is 0 Å². The lowest BCUT2D eigenvalue weighted by molar-refractivity contribution is 0.696. The first-order valence-corrected chi connectivity index (χ1v) is 4.92. The number of nitrogens with one attached hydrogen (secondary N) is 1. The molecule has 0 spiro atoms. The smallest absolute Gasteiger partial charge is 0.0798 e. The first kappa shape index (κ1) is 9.42. The molecule has 0 radical (unpaired) electrons. The van der Waals surface area contributed by atoms with Crippen molar-refractivity contribution in [2.24, 2.45) is 0 Å². The van der Waals surface area contributed by atoms with Gasteiger partial charge in [-0.05, 0) is 27.0 Å². The van der Waals surface area contributed by atoms with E-state index in [-0.39, 0.29) is 0 Å². The molecule has 0 saturated carbocycles. The van der Waals surface area contributed by atoms with Crippen molar-refractivity contribution in [2.75, 3.05) is 7.05 Å². The third-order valence-corrected chi connectivity index (χ3v) is 2.55. The largest absolute Gasteiger partial charge is 0.314 e. The molecule has 0 fully saturated rings. The molecule has 66 valence electrons. The lowest BCUT2D eigenvalue weighted by Crippen LogP contribution is -2.21. The first-order valence-electron chi connectivity index (χ1n) is 3.97. The summed E-state index contributed by atoms with van der Waals surface area (Å²) in [5, 5.41) is 5.23. The van der Waals surface area contributed by atoms with E-state index in [0.717, 1.165) is 5.69 Å². The summed E-state index contributed by atoms with van der Waals surface area (Å²) in [4.78, 5) is 4.19. The number of rotatable bonds is 3. The second-order valence-electron chi connectivity index (χ2n) is 2.81. The fraction of sp³-hybridized carbons (Fsp3) is 0.444. The van der Waals surface area contributed by atoms with Crippen molar-refractivity contribution in [1.82, 2.24) is 10.3 Å². The highest BCUT2D eigenvalue weighted by Crippen LogP contribution is 2.09. The molecule has 0 amide bonds. The maximum atomic E-state index is 4.19. The number of hydrogen-bond acceptors (Lipinski definition) is 3. The molecule has 1 aromatic rings. The molecular formula is C9H14N2S. The Morgan fingerprint density at radius 2 is 2.50 bits per heavy atom. The maximum absolute atomic E-state index is 4.19. The monoisotopic (exact) mass is 182 g/mol. The van der Waals surface area contributed by atoms with Gasteiger partial charge in [-0.1, -0.05) is 5.57 Å². The number of thiazole rings is 1. The van der Waals surface area contributed by atoms with Gasteiger partial charge in [0.2, 0.25) is 0 Å². The zero-order valence-electron chi connectivity index (χ0n) is 7.66. The standard InChI is InChI=1S/C9H14N2S/c1-7(8(2)10-3)4-9-5-12-6-11-9/h4-6,8,10H,1-3H3/b7-4+. The molecule has 1 unspecified atom stereocenters. The molecule has 1 heterocycles. The Labute approximate surface area is 77.3 Å². The van der Waals surface area contributed by atoms with Crippen molar-refractivity contribution >= 4 is 17.4 Å². The summed E-state index contributed by atoms with van der Waals surface area (Å²) in [6.07, 6.45) is 2.11. The van der Waals surface area contributed by atoms with E-state index in [2.05, 4.69) is 30.2 Å². The maximum Gasteiger partial charge on any atom is 0.0798 e. The predicted molar refractivity (Wildman–Crippen MR) is 54.3 cm³/mol. The van der Waals surface area contributed by atoms with Gasteiger partial charge in [-0.25, -0.2) is 4.98 Å². The van der Waals surface area contributed by atoms with Gasteiger partial charge in [0.25, 0.3) is 0 Å². The number of nitrogens with zero attached hydrogens (tertiary/aromatic N) is 1. The average Bonchev–Trinajstić information content (AvgIpc) is 2.55. The molecule has 0 bridgehead atoms. The van der Waals surface area contributed by atoms with Crippen LogP contribution in [0.3, 0.4) is 0 Å². The highest BCUT2D eigenvalue weighted by atomic mass is 32.1. The van der Waals surface area contributed by atoms with Crippen LogP contribution in [0.1, 0.15) is 19.5 Å². The van der Waals surface area contributed by atoms with Crippen molar-refractivity contribution in [2.45, 2.75) is 19.9 Å². The second-order valence-corrected chi connectivity index (χ2v) is 3.53. The van der Waals surface area contributed by atoms with E-state index < -0.39 is 0 Å². The Morgan fingerprint density at radius 3 is 3.00 bits per heavy atom. The fourth-order valence-corrected chi connectivity index (χ4v) is 1.39. The van der Waals surface area contributed by atoms with Crippen LogP contribution in [0.2, 0.25) is 0 Å². The zero-order chi connectivity index (χ0) is 8.97. The van der Waals surface area contributed by atoms with Gasteiger partial charge in [0.15, 0.2) is 0 Å². The summed E-state index contributed by atoms with van der Waals surface area (Å²) in [6.45, 7) is 4.25. The van der Waals surface area contributed by atoms with Gasteiger partial charge in [0.05, 0.1) is 11.2 Å². The van der Waals surface area contributed by atoms with E-state index in [0.29, 0.717) is 6.04 Å². The van der Waals surface area contributed by atoms with Crippen LogP contribution >= 0.6 is 11.3 Å². The molecule has 0 aliphatic carbocycles. The molecule has 0 aromatic carbocycles. The SMILES string of the molecule is CNC(C)/C(C)=C/c1cscn1. The van der Waals surface area contributed by atoms with Crippen molar-refractivity contribution < 1.29 is 0 Å². The van der Waals surface area contributed by atoms with Gasteiger partial charge in [-0.15, -0.1) is 11.3 Å². The molecule has 0 aliphatic rings.